The summed E-state index contributed by atoms with van der Waals surface area (Å²) in [5, 5.41) is 20.3. The van der Waals surface area contributed by atoms with E-state index in [1.807, 2.05) is 13.8 Å². The van der Waals surface area contributed by atoms with Gasteiger partial charge in [-0.1, -0.05) is 11.6 Å². The molecule has 0 aliphatic rings. The lowest BCUT2D eigenvalue weighted by Gasteiger charge is -2.14. The van der Waals surface area contributed by atoms with Crippen LogP contribution < -0.4 is 4.74 Å². The third kappa shape index (κ3) is 5.42. The van der Waals surface area contributed by atoms with Crippen molar-refractivity contribution in [2.75, 3.05) is 13.2 Å². The Hall–Kier alpha value is -1.37. The summed E-state index contributed by atoms with van der Waals surface area (Å²) in [5.74, 6) is 0.288. The molecule has 0 aliphatic carbocycles. The maximum absolute atomic E-state index is 10.5. The van der Waals surface area contributed by atoms with Crippen molar-refractivity contribution in [1.29, 1.82) is 0 Å². The highest BCUT2D eigenvalue weighted by atomic mass is 35.5. The number of nitro groups is 1. The molecule has 1 aromatic carbocycles. The molecule has 0 radical (unpaired) electrons. The maximum Gasteiger partial charge on any atom is 0.271 e. The minimum Gasteiger partial charge on any atom is -0.489 e. The van der Waals surface area contributed by atoms with Gasteiger partial charge in [-0.3, -0.25) is 10.1 Å². The zero-order chi connectivity index (χ0) is 14.4. The minimum atomic E-state index is -0.784. The molecule has 0 spiro atoms. The fourth-order valence-corrected chi connectivity index (χ4v) is 1.49. The smallest absolute Gasteiger partial charge is 0.271 e. The molecule has 1 N–H and O–H groups in total. The Morgan fingerprint density at radius 2 is 2.11 bits per heavy atom. The third-order valence-corrected chi connectivity index (χ3v) is 2.47. The summed E-state index contributed by atoms with van der Waals surface area (Å²) < 4.78 is 10.5. The van der Waals surface area contributed by atoms with Crippen LogP contribution in [0.2, 0.25) is 5.02 Å². The molecule has 0 saturated carbocycles. The number of nitro benzene ring substituents is 1. The zero-order valence-corrected chi connectivity index (χ0v) is 11.5. The van der Waals surface area contributed by atoms with Gasteiger partial charge in [0.05, 0.1) is 22.7 Å². The van der Waals surface area contributed by atoms with Gasteiger partial charge in [-0.15, -0.1) is 0 Å². The minimum absolute atomic E-state index is 0.00422. The summed E-state index contributed by atoms with van der Waals surface area (Å²) in [7, 11) is 0. The Balaban J connectivity index is 2.51. The van der Waals surface area contributed by atoms with E-state index >= 15 is 0 Å². The molecule has 19 heavy (non-hydrogen) atoms. The number of aliphatic hydroxyl groups is 1. The number of rotatable bonds is 7. The van der Waals surface area contributed by atoms with Crippen LogP contribution in [0.25, 0.3) is 0 Å². The van der Waals surface area contributed by atoms with Gasteiger partial charge >= 0.3 is 0 Å². The first kappa shape index (κ1) is 15.7. The van der Waals surface area contributed by atoms with Crippen molar-refractivity contribution in [1.82, 2.24) is 0 Å². The first-order chi connectivity index (χ1) is 8.90. The van der Waals surface area contributed by atoms with Gasteiger partial charge in [0.25, 0.3) is 5.69 Å². The molecule has 7 heteroatoms. The van der Waals surface area contributed by atoms with Crippen LogP contribution in [0.15, 0.2) is 18.2 Å². The monoisotopic (exact) mass is 289 g/mol. The van der Waals surface area contributed by atoms with E-state index in [4.69, 9.17) is 21.1 Å². The van der Waals surface area contributed by atoms with E-state index in [-0.39, 0.29) is 35.8 Å². The predicted molar refractivity (Wildman–Crippen MR) is 70.7 cm³/mol. The second-order valence-corrected chi connectivity index (χ2v) is 4.63. The fraction of sp³-hybridized carbons (Fsp3) is 0.500. The normalized spacial score (nSPS) is 12.5. The van der Waals surface area contributed by atoms with Gasteiger partial charge in [0.1, 0.15) is 18.5 Å². The second kappa shape index (κ2) is 7.28. The van der Waals surface area contributed by atoms with Crippen molar-refractivity contribution in [3.8, 4) is 5.75 Å². The Bertz CT molecular complexity index is 438. The van der Waals surface area contributed by atoms with Crippen LogP contribution in [0.1, 0.15) is 13.8 Å². The average Bonchev–Trinajstić information content (AvgIpc) is 2.34. The summed E-state index contributed by atoms with van der Waals surface area (Å²) in [5.41, 5.74) is -0.110. The van der Waals surface area contributed by atoms with Gasteiger partial charge in [0, 0.05) is 12.1 Å². The molecule has 0 heterocycles. The molecule has 1 rings (SSSR count). The molecule has 0 aromatic heterocycles. The molecular formula is C12H16ClNO5. The first-order valence-corrected chi connectivity index (χ1v) is 6.14. The highest BCUT2D eigenvalue weighted by Crippen LogP contribution is 2.28. The maximum atomic E-state index is 10.5. The molecule has 0 fully saturated rings. The van der Waals surface area contributed by atoms with Crippen molar-refractivity contribution in [3.63, 3.8) is 0 Å². The molecule has 0 bridgehead atoms. The number of nitrogens with zero attached hydrogens (tertiary/aromatic N) is 1. The molecule has 1 atom stereocenters. The number of ether oxygens (including phenoxy) is 2. The number of non-ortho nitro benzene ring substituents is 1. The Morgan fingerprint density at radius 3 is 2.63 bits per heavy atom. The Labute approximate surface area is 116 Å². The van der Waals surface area contributed by atoms with Gasteiger partial charge < -0.3 is 14.6 Å². The van der Waals surface area contributed by atoms with E-state index in [1.54, 1.807) is 0 Å². The molecule has 0 saturated heterocycles. The quantitative estimate of drug-likeness (QED) is 0.616. The van der Waals surface area contributed by atoms with Crippen LogP contribution >= 0.6 is 11.6 Å². The third-order valence-electron chi connectivity index (χ3n) is 2.18. The van der Waals surface area contributed by atoms with E-state index < -0.39 is 11.0 Å². The van der Waals surface area contributed by atoms with Gasteiger partial charge in [0.15, 0.2) is 0 Å². The Morgan fingerprint density at radius 1 is 1.42 bits per heavy atom. The van der Waals surface area contributed by atoms with Crippen LogP contribution in [0, 0.1) is 10.1 Å². The molecule has 0 aliphatic heterocycles. The summed E-state index contributed by atoms with van der Waals surface area (Å²) in [4.78, 5) is 9.99. The van der Waals surface area contributed by atoms with Crippen molar-refractivity contribution in [3.05, 3.63) is 33.3 Å². The zero-order valence-electron chi connectivity index (χ0n) is 10.7. The lowest BCUT2D eigenvalue weighted by atomic mass is 10.3. The second-order valence-electron chi connectivity index (χ2n) is 4.22. The lowest BCUT2D eigenvalue weighted by Crippen LogP contribution is -2.25. The van der Waals surface area contributed by atoms with E-state index in [1.165, 1.54) is 18.2 Å². The lowest BCUT2D eigenvalue weighted by molar-refractivity contribution is -0.384. The number of hydrogen-bond acceptors (Lipinski definition) is 5. The largest absolute Gasteiger partial charge is 0.489 e. The molecule has 1 aromatic rings. The van der Waals surface area contributed by atoms with Crippen LogP contribution in [-0.4, -0.2) is 35.5 Å². The van der Waals surface area contributed by atoms with E-state index in [0.29, 0.717) is 0 Å². The van der Waals surface area contributed by atoms with Crippen LogP contribution in [0.5, 0.6) is 5.75 Å². The summed E-state index contributed by atoms with van der Waals surface area (Å²) >= 11 is 5.84. The molecule has 1 unspecified atom stereocenters. The molecule has 6 nitrogen and oxygen atoms in total. The molecular weight excluding hydrogens is 274 g/mol. The van der Waals surface area contributed by atoms with Gasteiger partial charge in [-0.2, -0.15) is 0 Å². The predicted octanol–water partition coefficient (Wildman–Crippen LogP) is 2.41. The van der Waals surface area contributed by atoms with E-state index in [2.05, 4.69) is 0 Å². The summed E-state index contributed by atoms with van der Waals surface area (Å²) in [6.07, 6.45) is -0.758. The summed E-state index contributed by atoms with van der Waals surface area (Å²) in [6.45, 7) is 3.88. The number of hydrogen-bond donors (Lipinski definition) is 1. The van der Waals surface area contributed by atoms with Crippen molar-refractivity contribution in [2.24, 2.45) is 0 Å². The highest BCUT2D eigenvalue weighted by Gasteiger charge is 2.12. The van der Waals surface area contributed by atoms with E-state index in [0.717, 1.165) is 0 Å². The molecule has 0 amide bonds. The van der Waals surface area contributed by atoms with Crippen molar-refractivity contribution in [2.45, 2.75) is 26.1 Å². The topological polar surface area (TPSA) is 81.8 Å². The number of benzene rings is 1. The van der Waals surface area contributed by atoms with Crippen LogP contribution in [0.4, 0.5) is 5.69 Å². The summed E-state index contributed by atoms with van der Waals surface area (Å²) in [6, 6.07) is 3.89. The van der Waals surface area contributed by atoms with Gasteiger partial charge in [-0.05, 0) is 19.9 Å². The first-order valence-electron chi connectivity index (χ1n) is 5.76. The fourth-order valence-electron chi connectivity index (χ4n) is 1.26. The van der Waals surface area contributed by atoms with Crippen molar-refractivity contribution >= 4 is 17.3 Å². The standard InChI is InChI=1S/C12H16ClNO5/c1-8(2)18-6-10(15)7-19-12-4-3-9(14(16)17)5-11(12)13/h3-5,8,10,15H,6-7H2,1-2H3. The SMILES string of the molecule is CC(C)OCC(O)COc1ccc([N+](=O)[O-])cc1Cl. The molecule has 106 valence electrons. The highest BCUT2D eigenvalue weighted by molar-refractivity contribution is 6.32. The van der Waals surface area contributed by atoms with Crippen LogP contribution in [-0.2, 0) is 4.74 Å². The van der Waals surface area contributed by atoms with Crippen molar-refractivity contribution < 1.29 is 19.5 Å². The van der Waals surface area contributed by atoms with E-state index in [9.17, 15) is 15.2 Å². The van der Waals surface area contributed by atoms with Gasteiger partial charge in [0.2, 0.25) is 0 Å². The van der Waals surface area contributed by atoms with Crippen LogP contribution in [0.3, 0.4) is 0 Å². The number of halogens is 1. The average molecular weight is 290 g/mol. The van der Waals surface area contributed by atoms with Gasteiger partial charge in [-0.25, -0.2) is 0 Å². The number of aliphatic hydroxyl groups excluding tert-OH is 1. The Kier molecular flexibility index (Phi) is 6.01.